The molecule has 0 saturated carbocycles. The fraction of sp³-hybridized carbons (Fsp3) is 0. The van der Waals surface area contributed by atoms with Crippen molar-refractivity contribution in [2.45, 2.75) is 0 Å². The van der Waals surface area contributed by atoms with E-state index in [4.69, 9.17) is 22.9 Å². The standard InChI is InChI=1S/C10H10F2N4.ClH/c11-3-1-5(13)9(15)8-4(12)2-6(14)10(16)7(3)8;/h1-2H,13-16H2;1H. The molecule has 0 aliphatic rings. The summed E-state index contributed by atoms with van der Waals surface area (Å²) < 4.78 is 27.2. The third-order valence-electron chi connectivity index (χ3n) is 2.45. The second kappa shape index (κ2) is 4.14. The van der Waals surface area contributed by atoms with Crippen molar-refractivity contribution in [2.75, 3.05) is 22.9 Å². The van der Waals surface area contributed by atoms with Crippen molar-refractivity contribution in [3.63, 3.8) is 0 Å². The molecule has 0 aliphatic carbocycles. The number of hydrogen-bond donors (Lipinski definition) is 4. The molecule has 0 bridgehead atoms. The molecule has 92 valence electrons. The maximum atomic E-state index is 13.6. The lowest BCUT2D eigenvalue weighted by Crippen LogP contribution is -2.04. The van der Waals surface area contributed by atoms with Crippen molar-refractivity contribution in [1.82, 2.24) is 0 Å². The van der Waals surface area contributed by atoms with Gasteiger partial charge in [-0.1, -0.05) is 0 Å². The fourth-order valence-corrected chi connectivity index (χ4v) is 1.63. The molecule has 0 saturated heterocycles. The molecule has 0 radical (unpaired) electrons. The van der Waals surface area contributed by atoms with E-state index >= 15 is 0 Å². The van der Waals surface area contributed by atoms with Gasteiger partial charge in [0.1, 0.15) is 11.6 Å². The topological polar surface area (TPSA) is 104 Å². The lowest BCUT2D eigenvalue weighted by Gasteiger charge is -2.11. The molecule has 4 nitrogen and oxygen atoms in total. The van der Waals surface area contributed by atoms with E-state index in [1.807, 2.05) is 0 Å². The Bertz CT molecular complexity index is 548. The van der Waals surface area contributed by atoms with Crippen LogP contribution in [0.5, 0.6) is 0 Å². The second-order valence-corrected chi connectivity index (χ2v) is 3.47. The molecular formula is C10H11ClF2N4. The van der Waals surface area contributed by atoms with E-state index < -0.39 is 11.6 Å². The number of benzene rings is 2. The third-order valence-corrected chi connectivity index (χ3v) is 2.45. The van der Waals surface area contributed by atoms with E-state index in [-0.39, 0.29) is 45.9 Å². The summed E-state index contributed by atoms with van der Waals surface area (Å²) in [5.41, 5.74) is 21.9. The van der Waals surface area contributed by atoms with Gasteiger partial charge in [0, 0.05) is 10.8 Å². The zero-order valence-corrected chi connectivity index (χ0v) is 9.44. The molecule has 2 aromatic carbocycles. The van der Waals surface area contributed by atoms with Crippen molar-refractivity contribution in [3.8, 4) is 0 Å². The van der Waals surface area contributed by atoms with Crippen molar-refractivity contribution in [1.29, 1.82) is 0 Å². The van der Waals surface area contributed by atoms with Gasteiger partial charge in [-0.25, -0.2) is 8.78 Å². The number of rotatable bonds is 0. The van der Waals surface area contributed by atoms with Crippen LogP contribution >= 0.6 is 12.4 Å². The highest BCUT2D eigenvalue weighted by atomic mass is 35.5. The van der Waals surface area contributed by atoms with E-state index in [9.17, 15) is 8.78 Å². The van der Waals surface area contributed by atoms with Gasteiger partial charge < -0.3 is 22.9 Å². The first-order valence-corrected chi connectivity index (χ1v) is 4.44. The van der Waals surface area contributed by atoms with Gasteiger partial charge in [0.2, 0.25) is 0 Å². The van der Waals surface area contributed by atoms with Crippen LogP contribution in [0.25, 0.3) is 10.8 Å². The average Bonchev–Trinajstić information content (AvgIpc) is 2.20. The molecule has 0 amide bonds. The maximum Gasteiger partial charge on any atom is 0.135 e. The first kappa shape index (κ1) is 13.1. The Hall–Kier alpha value is -1.95. The van der Waals surface area contributed by atoms with E-state index in [2.05, 4.69) is 0 Å². The number of nitrogens with two attached hydrogens (primary N) is 4. The van der Waals surface area contributed by atoms with Crippen molar-refractivity contribution in [3.05, 3.63) is 23.8 Å². The highest BCUT2D eigenvalue weighted by Crippen LogP contribution is 2.37. The third kappa shape index (κ3) is 1.76. The summed E-state index contributed by atoms with van der Waals surface area (Å²) in [5, 5.41) is -0.270. The Labute approximate surface area is 102 Å². The van der Waals surface area contributed by atoms with E-state index in [0.29, 0.717) is 0 Å². The number of anilines is 4. The molecule has 7 heteroatoms. The molecule has 2 aromatic rings. The van der Waals surface area contributed by atoms with Gasteiger partial charge in [0.15, 0.2) is 0 Å². The smallest absolute Gasteiger partial charge is 0.135 e. The molecular weight excluding hydrogens is 250 g/mol. The Morgan fingerprint density at radius 3 is 1.29 bits per heavy atom. The largest absolute Gasteiger partial charge is 0.397 e. The predicted molar refractivity (Wildman–Crippen MR) is 68.8 cm³/mol. The average molecular weight is 261 g/mol. The van der Waals surface area contributed by atoms with Gasteiger partial charge in [-0.05, 0) is 12.1 Å². The zero-order valence-electron chi connectivity index (χ0n) is 8.63. The van der Waals surface area contributed by atoms with Crippen LogP contribution in [-0.4, -0.2) is 0 Å². The normalized spacial score (nSPS) is 10.2. The number of hydrogen-bond acceptors (Lipinski definition) is 4. The molecule has 0 atom stereocenters. The minimum Gasteiger partial charge on any atom is -0.397 e. The predicted octanol–water partition coefficient (Wildman–Crippen LogP) is 1.87. The number of nitrogen functional groups attached to an aromatic ring is 4. The van der Waals surface area contributed by atoms with Crippen LogP contribution in [0.2, 0.25) is 0 Å². The second-order valence-electron chi connectivity index (χ2n) is 3.47. The molecule has 0 heterocycles. The molecule has 0 spiro atoms. The van der Waals surface area contributed by atoms with E-state index in [1.165, 1.54) is 0 Å². The highest BCUT2D eigenvalue weighted by molar-refractivity contribution is 6.07. The summed E-state index contributed by atoms with van der Waals surface area (Å²) in [4.78, 5) is 0. The van der Waals surface area contributed by atoms with Crippen LogP contribution in [0.1, 0.15) is 0 Å². The van der Waals surface area contributed by atoms with Crippen LogP contribution in [0.15, 0.2) is 12.1 Å². The summed E-state index contributed by atoms with van der Waals surface area (Å²) in [7, 11) is 0. The Kier molecular flexibility index (Phi) is 3.19. The number of fused-ring (bicyclic) bond motifs is 1. The Balaban J connectivity index is 0.00000144. The van der Waals surface area contributed by atoms with Gasteiger partial charge in [-0.15, -0.1) is 12.4 Å². The Morgan fingerprint density at radius 1 is 0.706 bits per heavy atom. The summed E-state index contributed by atoms with van der Waals surface area (Å²) >= 11 is 0. The molecule has 2 rings (SSSR count). The first-order chi connectivity index (χ1) is 7.43. The van der Waals surface area contributed by atoms with Gasteiger partial charge in [-0.2, -0.15) is 0 Å². The summed E-state index contributed by atoms with van der Waals surface area (Å²) in [6, 6.07) is 1.99. The van der Waals surface area contributed by atoms with Gasteiger partial charge >= 0.3 is 0 Å². The summed E-state index contributed by atoms with van der Waals surface area (Å²) in [6.45, 7) is 0. The quantitative estimate of drug-likeness (QED) is 0.543. The molecule has 17 heavy (non-hydrogen) atoms. The maximum absolute atomic E-state index is 13.6. The van der Waals surface area contributed by atoms with Crippen LogP contribution < -0.4 is 22.9 Å². The number of halogens is 3. The lowest BCUT2D eigenvalue weighted by atomic mass is 10.0. The zero-order chi connectivity index (χ0) is 12.0. The molecule has 8 N–H and O–H groups in total. The SMILES string of the molecule is Cl.Nc1cc(F)c2c(N)c(N)cc(F)c2c1N. The van der Waals surface area contributed by atoms with Gasteiger partial charge in [0.05, 0.1) is 22.7 Å². The summed E-state index contributed by atoms with van der Waals surface area (Å²) in [6.07, 6.45) is 0. The highest BCUT2D eigenvalue weighted by Gasteiger charge is 2.16. The van der Waals surface area contributed by atoms with Crippen LogP contribution in [0, 0.1) is 11.6 Å². The van der Waals surface area contributed by atoms with Crippen LogP contribution in [0.4, 0.5) is 31.5 Å². The Morgan fingerprint density at radius 2 is 1.00 bits per heavy atom. The van der Waals surface area contributed by atoms with E-state index in [1.54, 1.807) is 0 Å². The van der Waals surface area contributed by atoms with Gasteiger partial charge in [0.25, 0.3) is 0 Å². The van der Waals surface area contributed by atoms with Crippen molar-refractivity contribution >= 4 is 45.9 Å². The van der Waals surface area contributed by atoms with E-state index in [0.717, 1.165) is 12.1 Å². The minimum atomic E-state index is -0.745. The minimum absolute atomic E-state index is 0. The molecule has 0 unspecified atom stereocenters. The fourth-order valence-electron chi connectivity index (χ4n) is 1.63. The van der Waals surface area contributed by atoms with Crippen LogP contribution in [0.3, 0.4) is 0 Å². The molecule has 0 aromatic heterocycles. The van der Waals surface area contributed by atoms with Crippen LogP contribution in [-0.2, 0) is 0 Å². The summed E-state index contributed by atoms with van der Waals surface area (Å²) in [5.74, 6) is -1.49. The van der Waals surface area contributed by atoms with Gasteiger partial charge in [-0.3, -0.25) is 0 Å². The molecule has 0 aliphatic heterocycles. The first-order valence-electron chi connectivity index (χ1n) is 4.44. The lowest BCUT2D eigenvalue weighted by molar-refractivity contribution is 0.630. The van der Waals surface area contributed by atoms with Crippen molar-refractivity contribution in [2.24, 2.45) is 0 Å². The van der Waals surface area contributed by atoms with Crippen molar-refractivity contribution < 1.29 is 8.78 Å². The molecule has 0 fully saturated rings. The monoisotopic (exact) mass is 260 g/mol.